The van der Waals surface area contributed by atoms with Gasteiger partial charge in [-0.1, -0.05) is 29.8 Å². The number of rotatable bonds is 2. The molecule has 2 aliphatic rings. The summed E-state index contributed by atoms with van der Waals surface area (Å²) in [5.74, 6) is 11.3. The normalized spacial score (nSPS) is 31.3. The predicted molar refractivity (Wildman–Crippen MR) is 67.6 cm³/mol. The lowest BCUT2D eigenvalue weighted by Gasteiger charge is -2.31. The van der Waals surface area contributed by atoms with Gasteiger partial charge in [0, 0.05) is 19.8 Å². The van der Waals surface area contributed by atoms with Gasteiger partial charge in [-0.05, 0) is 25.0 Å². The third kappa shape index (κ3) is 2.11. The molecule has 0 heterocycles. The van der Waals surface area contributed by atoms with Crippen molar-refractivity contribution in [1.29, 1.82) is 0 Å². The number of Topliss-reactive ketones (excluding diaryl/α,β-unsaturated/α-hetero) is 1. The number of hydrogen-bond acceptors (Lipinski definition) is 3. The minimum Gasteiger partial charge on any atom is -0.364 e. The van der Waals surface area contributed by atoms with Crippen molar-refractivity contribution >= 4 is 5.78 Å². The Labute approximate surface area is 107 Å². The minimum atomic E-state index is -1.05. The van der Waals surface area contributed by atoms with Gasteiger partial charge in [-0.15, -0.1) is 0 Å². The lowest BCUT2D eigenvalue weighted by Crippen LogP contribution is -2.44. The maximum atomic E-state index is 12.5. The molecule has 0 saturated heterocycles. The SMILES string of the molecule is COC1C#C/C=C\C#CC2(OC)CCC=C1C2=O. The molecule has 0 saturated carbocycles. The molecule has 3 heteroatoms. The Hall–Kier alpha value is -1.81. The molecular formula is C15H14O3. The Kier molecular flexibility index (Phi) is 3.67. The molecule has 0 aromatic heterocycles. The zero-order valence-electron chi connectivity index (χ0n) is 10.4. The lowest BCUT2D eigenvalue weighted by molar-refractivity contribution is -0.133. The molecular weight excluding hydrogens is 228 g/mol. The van der Waals surface area contributed by atoms with Gasteiger partial charge in [-0.25, -0.2) is 0 Å². The molecule has 18 heavy (non-hydrogen) atoms. The van der Waals surface area contributed by atoms with Gasteiger partial charge in [-0.2, -0.15) is 0 Å². The number of ether oxygens (including phenoxy) is 2. The molecule has 2 bridgehead atoms. The summed E-state index contributed by atoms with van der Waals surface area (Å²) in [5.41, 5.74) is -0.507. The molecule has 0 aromatic carbocycles. The number of methoxy groups -OCH3 is 2. The van der Waals surface area contributed by atoms with Crippen LogP contribution in [0.1, 0.15) is 12.8 Å². The van der Waals surface area contributed by atoms with Gasteiger partial charge in [0.2, 0.25) is 5.78 Å². The van der Waals surface area contributed by atoms with Crippen LogP contribution in [0.2, 0.25) is 0 Å². The van der Waals surface area contributed by atoms with E-state index < -0.39 is 11.7 Å². The van der Waals surface area contributed by atoms with E-state index >= 15 is 0 Å². The quantitative estimate of drug-likeness (QED) is 0.684. The van der Waals surface area contributed by atoms with Gasteiger partial charge in [-0.3, -0.25) is 4.79 Å². The average Bonchev–Trinajstić information content (AvgIpc) is 2.39. The van der Waals surface area contributed by atoms with Crippen LogP contribution >= 0.6 is 0 Å². The van der Waals surface area contributed by atoms with Crippen molar-refractivity contribution in [2.45, 2.75) is 24.5 Å². The van der Waals surface area contributed by atoms with Crippen molar-refractivity contribution in [3.63, 3.8) is 0 Å². The molecule has 92 valence electrons. The first-order chi connectivity index (χ1) is 8.73. The Morgan fingerprint density at radius 2 is 2.11 bits per heavy atom. The molecule has 0 spiro atoms. The first kappa shape index (κ1) is 12.6. The van der Waals surface area contributed by atoms with E-state index in [2.05, 4.69) is 23.7 Å². The van der Waals surface area contributed by atoms with E-state index in [0.717, 1.165) is 6.42 Å². The number of hydrogen-bond donors (Lipinski definition) is 0. The summed E-state index contributed by atoms with van der Waals surface area (Å²) in [6.45, 7) is 0. The average molecular weight is 242 g/mol. The second kappa shape index (κ2) is 5.23. The van der Waals surface area contributed by atoms with Crippen molar-refractivity contribution in [1.82, 2.24) is 0 Å². The van der Waals surface area contributed by atoms with Crippen LogP contribution in [0.5, 0.6) is 0 Å². The second-order valence-corrected chi connectivity index (χ2v) is 4.07. The first-order valence-corrected chi connectivity index (χ1v) is 5.75. The lowest BCUT2D eigenvalue weighted by atomic mass is 9.81. The fourth-order valence-corrected chi connectivity index (χ4v) is 2.09. The van der Waals surface area contributed by atoms with Gasteiger partial charge in [0.05, 0.1) is 0 Å². The van der Waals surface area contributed by atoms with Crippen molar-refractivity contribution in [2.75, 3.05) is 14.2 Å². The van der Waals surface area contributed by atoms with Crippen LogP contribution < -0.4 is 0 Å². The van der Waals surface area contributed by atoms with Crippen LogP contribution in [0.3, 0.4) is 0 Å². The third-order valence-electron chi connectivity index (χ3n) is 3.09. The van der Waals surface area contributed by atoms with E-state index in [1.807, 2.05) is 6.08 Å². The van der Waals surface area contributed by atoms with E-state index in [-0.39, 0.29) is 5.78 Å². The molecule has 0 N–H and O–H groups in total. The standard InChI is InChI=1S/C15H14O3/c1-17-13-9-5-3-4-6-10-15(18-2)11-7-8-12(13)14(15)16/h3-4,8,13H,7,11H2,1-2H3/b4-3-. The van der Waals surface area contributed by atoms with Crippen LogP contribution in [0.15, 0.2) is 23.8 Å². The highest BCUT2D eigenvalue weighted by Crippen LogP contribution is 2.30. The Balaban J connectivity index is 2.54. The summed E-state index contributed by atoms with van der Waals surface area (Å²) in [6, 6.07) is 0. The number of fused-ring (bicyclic) bond motifs is 2. The van der Waals surface area contributed by atoms with Gasteiger partial charge >= 0.3 is 0 Å². The Bertz CT molecular complexity index is 534. The largest absolute Gasteiger partial charge is 0.364 e. The maximum Gasteiger partial charge on any atom is 0.206 e. The Morgan fingerprint density at radius 1 is 1.33 bits per heavy atom. The van der Waals surface area contributed by atoms with Crippen molar-refractivity contribution in [2.24, 2.45) is 0 Å². The maximum absolute atomic E-state index is 12.5. The molecule has 2 aliphatic carbocycles. The third-order valence-corrected chi connectivity index (χ3v) is 3.09. The highest BCUT2D eigenvalue weighted by molar-refractivity contribution is 6.06. The predicted octanol–water partition coefficient (Wildman–Crippen LogP) is 1.25. The topological polar surface area (TPSA) is 35.5 Å². The van der Waals surface area contributed by atoms with Gasteiger partial charge in [0.25, 0.3) is 0 Å². The van der Waals surface area contributed by atoms with Crippen LogP contribution in [0, 0.1) is 23.7 Å². The van der Waals surface area contributed by atoms with Gasteiger partial charge < -0.3 is 9.47 Å². The van der Waals surface area contributed by atoms with Crippen LogP contribution in [0.25, 0.3) is 0 Å². The van der Waals surface area contributed by atoms with E-state index in [4.69, 9.17) is 9.47 Å². The second-order valence-electron chi connectivity index (χ2n) is 4.07. The molecule has 2 rings (SSSR count). The zero-order chi connectivity index (χ0) is 13.0. The fourth-order valence-electron chi connectivity index (χ4n) is 2.09. The van der Waals surface area contributed by atoms with E-state index in [0.29, 0.717) is 12.0 Å². The number of carbonyl (C=O) groups is 1. The molecule has 2 atom stereocenters. The fraction of sp³-hybridized carbons (Fsp3) is 0.400. The number of carbonyl (C=O) groups excluding carboxylic acids is 1. The molecule has 0 fully saturated rings. The number of ketones is 1. The van der Waals surface area contributed by atoms with Crippen LogP contribution in [0.4, 0.5) is 0 Å². The van der Waals surface area contributed by atoms with E-state index in [1.165, 1.54) is 14.2 Å². The number of allylic oxidation sites excluding steroid dienone is 3. The molecule has 0 aromatic rings. The molecule has 0 aliphatic heterocycles. The summed E-state index contributed by atoms with van der Waals surface area (Å²) in [7, 11) is 3.05. The highest BCUT2D eigenvalue weighted by Gasteiger charge is 2.42. The summed E-state index contributed by atoms with van der Waals surface area (Å²) < 4.78 is 10.7. The molecule has 0 amide bonds. The monoisotopic (exact) mass is 242 g/mol. The minimum absolute atomic E-state index is 0.139. The summed E-state index contributed by atoms with van der Waals surface area (Å²) in [4.78, 5) is 12.5. The van der Waals surface area contributed by atoms with E-state index in [1.54, 1.807) is 12.2 Å². The smallest absolute Gasteiger partial charge is 0.206 e. The summed E-state index contributed by atoms with van der Waals surface area (Å²) in [6.07, 6.45) is 5.92. The molecule has 3 nitrogen and oxygen atoms in total. The van der Waals surface area contributed by atoms with Gasteiger partial charge in [0.15, 0.2) is 5.60 Å². The highest BCUT2D eigenvalue weighted by atomic mass is 16.5. The zero-order valence-corrected chi connectivity index (χ0v) is 10.4. The van der Waals surface area contributed by atoms with Crippen molar-refractivity contribution in [3.05, 3.63) is 23.8 Å². The van der Waals surface area contributed by atoms with Crippen LogP contribution in [-0.4, -0.2) is 31.7 Å². The Morgan fingerprint density at radius 3 is 2.83 bits per heavy atom. The van der Waals surface area contributed by atoms with Gasteiger partial charge in [0.1, 0.15) is 6.10 Å². The first-order valence-electron chi connectivity index (χ1n) is 5.75. The van der Waals surface area contributed by atoms with Crippen molar-refractivity contribution < 1.29 is 14.3 Å². The summed E-state index contributed by atoms with van der Waals surface area (Å²) >= 11 is 0. The van der Waals surface area contributed by atoms with Crippen molar-refractivity contribution in [3.8, 4) is 23.7 Å². The van der Waals surface area contributed by atoms with Crippen LogP contribution in [-0.2, 0) is 14.3 Å². The molecule has 0 radical (unpaired) electrons. The molecule has 2 unspecified atom stereocenters. The summed E-state index contributed by atoms with van der Waals surface area (Å²) in [5, 5.41) is 0. The van der Waals surface area contributed by atoms with E-state index in [9.17, 15) is 4.79 Å².